The van der Waals surface area contributed by atoms with Gasteiger partial charge in [0.15, 0.2) is 0 Å². The topological polar surface area (TPSA) is 64.3 Å². The van der Waals surface area contributed by atoms with Gasteiger partial charge in [-0.05, 0) is 43.5 Å². The summed E-state index contributed by atoms with van der Waals surface area (Å²) in [6, 6.07) is 6.74. The number of benzene rings is 1. The van der Waals surface area contributed by atoms with Gasteiger partial charge in [0.05, 0.1) is 12.1 Å². The minimum Gasteiger partial charge on any atom is -0.491 e. The van der Waals surface area contributed by atoms with Crippen molar-refractivity contribution in [2.75, 3.05) is 5.32 Å². The molecule has 0 fully saturated rings. The summed E-state index contributed by atoms with van der Waals surface area (Å²) in [6.07, 6.45) is 0.134. The summed E-state index contributed by atoms with van der Waals surface area (Å²) >= 11 is 0. The molecule has 4 nitrogen and oxygen atoms in total. The lowest BCUT2D eigenvalue weighted by Gasteiger charge is -2.25. The van der Waals surface area contributed by atoms with Crippen LogP contribution >= 0.6 is 0 Å². The van der Waals surface area contributed by atoms with E-state index in [1.807, 2.05) is 58.9 Å². The molecule has 0 aliphatic heterocycles. The number of nitrogens with one attached hydrogen (secondary N) is 1. The molecule has 1 aromatic carbocycles. The van der Waals surface area contributed by atoms with E-state index in [2.05, 4.69) is 5.32 Å². The summed E-state index contributed by atoms with van der Waals surface area (Å²) in [7, 11) is 0. The van der Waals surface area contributed by atoms with Crippen molar-refractivity contribution < 1.29 is 9.53 Å². The molecule has 3 N–H and O–H groups in total. The first-order valence-corrected chi connectivity index (χ1v) is 6.53. The molecular formula is C15H24N2O2. The first-order valence-electron chi connectivity index (χ1n) is 6.53. The highest BCUT2D eigenvalue weighted by Gasteiger charge is 2.27. The van der Waals surface area contributed by atoms with Crippen molar-refractivity contribution in [2.45, 2.75) is 46.8 Å². The lowest BCUT2D eigenvalue weighted by Crippen LogP contribution is -2.45. The largest absolute Gasteiger partial charge is 0.491 e. The second kappa shape index (κ2) is 6.06. The average Bonchev–Trinajstić information content (AvgIpc) is 2.28. The monoisotopic (exact) mass is 264 g/mol. The first-order chi connectivity index (χ1) is 8.70. The van der Waals surface area contributed by atoms with E-state index in [-0.39, 0.29) is 17.4 Å². The highest BCUT2D eigenvalue weighted by Crippen LogP contribution is 2.20. The van der Waals surface area contributed by atoms with E-state index in [0.29, 0.717) is 0 Å². The predicted octanol–water partition coefficient (Wildman–Crippen LogP) is 2.79. The number of hydrogen-bond acceptors (Lipinski definition) is 3. The van der Waals surface area contributed by atoms with Gasteiger partial charge in [-0.25, -0.2) is 0 Å². The van der Waals surface area contributed by atoms with E-state index in [9.17, 15) is 4.79 Å². The summed E-state index contributed by atoms with van der Waals surface area (Å²) < 4.78 is 5.54. The zero-order valence-electron chi connectivity index (χ0n) is 12.4. The summed E-state index contributed by atoms with van der Waals surface area (Å²) in [4.78, 5) is 12.0. The molecule has 0 aliphatic rings. The van der Waals surface area contributed by atoms with Crippen molar-refractivity contribution in [2.24, 2.45) is 11.1 Å². The van der Waals surface area contributed by atoms with Crippen LogP contribution in [0.15, 0.2) is 24.3 Å². The third-order valence-electron chi connectivity index (χ3n) is 2.71. The molecule has 1 aromatic rings. The maximum absolute atomic E-state index is 12.0. The highest BCUT2D eigenvalue weighted by atomic mass is 16.5. The van der Waals surface area contributed by atoms with Crippen LogP contribution in [0.3, 0.4) is 0 Å². The van der Waals surface area contributed by atoms with Gasteiger partial charge in [-0.3, -0.25) is 4.79 Å². The number of anilines is 1. The molecule has 106 valence electrons. The summed E-state index contributed by atoms with van der Waals surface area (Å²) in [5, 5.41) is 2.81. The van der Waals surface area contributed by atoms with Crippen LogP contribution in [0.1, 0.15) is 34.6 Å². The Labute approximate surface area is 115 Å². The lowest BCUT2D eigenvalue weighted by atomic mass is 9.87. The van der Waals surface area contributed by atoms with E-state index in [1.54, 1.807) is 0 Å². The van der Waals surface area contributed by atoms with E-state index < -0.39 is 6.04 Å². The van der Waals surface area contributed by atoms with Crippen LogP contribution < -0.4 is 15.8 Å². The van der Waals surface area contributed by atoms with Gasteiger partial charge >= 0.3 is 0 Å². The third kappa shape index (κ3) is 4.91. The Morgan fingerprint density at radius 1 is 1.21 bits per heavy atom. The van der Waals surface area contributed by atoms with Crippen molar-refractivity contribution in [1.82, 2.24) is 0 Å². The normalized spacial score (nSPS) is 13.2. The Hall–Kier alpha value is -1.55. The quantitative estimate of drug-likeness (QED) is 0.879. The second-order valence-corrected chi connectivity index (χ2v) is 6.02. The SMILES string of the molecule is CC(C)Oc1ccc(NC(=O)[C@@H](N)C(C)(C)C)cc1. The van der Waals surface area contributed by atoms with E-state index in [1.165, 1.54) is 0 Å². The molecular weight excluding hydrogens is 240 g/mol. The molecule has 0 unspecified atom stereocenters. The van der Waals surface area contributed by atoms with Crippen LogP contribution in [-0.4, -0.2) is 18.1 Å². The number of nitrogens with two attached hydrogens (primary N) is 1. The van der Waals surface area contributed by atoms with Gasteiger partial charge in [0.25, 0.3) is 0 Å². The Kier molecular flexibility index (Phi) is 4.95. The van der Waals surface area contributed by atoms with Gasteiger partial charge in [-0.2, -0.15) is 0 Å². The van der Waals surface area contributed by atoms with E-state index >= 15 is 0 Å². The summed E-state index contributed by atoms with van der Waals surface area (Å²) in [5.74, 6) is 0.609. The number of amides is 1. The Bertz CT molecular complexity index is 419. The average molecular weight is 264 g/mol. The predicted molar refractivity (Wildman–Crippen MR) is 78.3 cm³/mol. The van der Waals surface area contributed by atoms with Crippen LogP contribution in [0.25, 0.3) is 0 Å². The van der Waals surface area contributed by atoms with Crippen LogP contribution in [-0.2, 0) is 4.79 Å². The van der Waals surface area contributed by atoms with Gasteiger partial charge in [0, 0.05) is 5.69 Å². The third-order valence-corrected chi connectivity index (χ3v) is 2.71. The summed E-state index contributed by atoms with van der Waals surface area (Å²) in [6.45, 7) is 9.76. The van der Waals surface area contributed by atoms with Gasteiger partial charge in [0.1, 0.15) is 5.75 Å². The molecule has 0 saturated carbocycles. The molecule has 0 spiro atoms. The lowest BCUT2D eigenvalue weighted by molar-refractivity contribution is -0.119. The minimum atomic E-state index is -0.543. The molecule has 0 aromatic heterocycles. The van der Waals surface area contributed by atoms with E-state index in [4.69, 9.17) is 10.5 Å². The Balaban J connectivity index is 2.65. The Morgan fingerprint density at radius 3 is 2.16 bits per heavy atom. The van der Waals surface area contributed by atoms with Gasteiger partial charge in [-0.1, -0.05) is 20.8 Å². The number of rotatable bonds is 4. The molecule has 19 heavy (non-hydrogen) atoms. The zero-order valence-corrected chi connectivity index (χ0v) is 12.4. The standard InChI is InChI=1S/C15H24N2O2/c1-10(2)19-12-8-6-11(7-9-12)17-14(18)13(16)15(3,4)5/h6-10,13H,16H2,1-5H3,(H,17,18)/t13-/m1/s1. The van der Waals surface area contributed by atoms with Gasteiger partial charge in [0.2, 0.25) is 5.91 Å². The zero-order chi connectivity index (χ0) is 14.6. The van der Waals surface area contributed by atoms with Gasteiger partial charge in [-0.15, -0.1) is 0 Å². The minimum absolute atomic E-state index is 0.134. The molecule has 0 bridgehead atoms. The maximum atomic E-state index is 12.0. The van der Waals surface area contributed by atoms with Crippen molar-refractivity contribution in [3.8, 4) is 5.75 Å². The number of carbonyl (C=O) groups excluding carboxylic acids is 1. The molecule has 4 heteroatoms. The number of hydrogen-bond donors (Lipinski definition) is 2. The fourth-order valence-electron chi connectivity index (χ4n) is 1.50. The van der Waals surface area contributed by atoms with Crippen molar-refractivity contribution in [3.05, 3.63) is 24.3 Å². The molecule has 0 saturated heterocycles. The van der Waals surface area contributed by atoms with Crippen molar-refractivity contribution in [1.29, 1.82) is 0 Å². The molecule has 0 radical (unpaired) electrons. The van der Waals surface area contributed by atoms with E-state index in [0.717, 1.165) is 11.4 Å². The molecule has 1 rings (SSSR count). The molecule has 0 heterocycles. The molecule has 1 atom stereocenters. The van der Waals surface area contributed by atoms with Crippen molar-refractivity contribution >= 4 is 11.6 Å². The smallest absolute Gasteiger partial charge is 0.241 e. The van der Waals surface area contributed by atoms with Crippen LogP contribution in [0.4, 0.5) is 5.69 Å². The summed E-state index contributed by atoms with van der Waals surface area (Å²) in [5.41, 5.74) is 6.36. The van der Waals surface area contributed by atoms with Gasteiger partial charge < -0.3 is 15.8 Å². The fourth-order valence-corrected chi connectivity index (χ4v) is 1.50. The Morgan fingerprint density at radius 2 is 1.74 bits per heavy atom. The van der Waals surface area contributed by atoms with Crippen LogP contribution in [0, 0.1) is 5.41 Å². The highest BCUT2D eigenvalue weighted by molar-refractivity contribution is 5.95. The molecule has 0 aliphatic carbocycles. The second-order valence-electron chi connectivity index (χ2n) is 6.02. The molecule has 1 amide bonds. The number of carbonyl (C=O) groups is 1. The maximum Gasteiger partial charge on any atom is 0.241 e. The van der Waals surface area contributed by atoms with Crippen LogP contribution in [0.2, 0.25) is 0 Å². The van der Waals surface area contributed by atoms with Crippen LogP contribution in [0.5, 0.6) is 5.75 Å². The number of ether oxygens (including phenoxy) is 1. The first kappa shape index (κ1) is 15.5. The fraction of sp³-hybridized carbons (Fsp3) is 0.533. The van der Waals surface area contributed by atoms with Crippen molar-refractivity contribution in [3.63, 3.8) is 0 Å².